The minimum absolute atomic E-state index is 0.0366. The predicted molar refractivity (Wildman–Crippen MR) is 102 cm³/mol. The maximum absolute atomic E-state index is 12.4. The number of ether oxygens (including phenoxy) is 1. The Bertz CT molecular complexity index is 873. The third kappa shape index (κ3) is 4.19. The van der Waals surface area contributed by atoms with Crippen molar-refractivity contribution in [2.24, 2.45) is 0 Å². The van der Waals surface area contributed by atoms with E-state index in [1.165, 1.54) is 0 Å². The van der Waals surface area contributed by atoms with Gasteiger partial charge in [-0.05, 0) is 22.4 Å². The highest BCUT2D eigenvalue weighted by Crippen LogP contribution is 2.24. The Morgan fingerprint density at radius 1 is 1.04 bits per heavy atom. The molecule has 1 N–H and O–H groups in total. The average molecular weight is 354 g/mol. The van der Waals surface area contributed by atoms with Crippen LogP contribution >= 0.6 is 11.6 Å². The molecule has 0 fully saturated rings. The number of benzene rings is 3. The molecule has 1 amide bonds. The van der Waals surface area contributed by atoms with Gasteiger partial charge in [-0.3, -0.25) is 4.79 Å². The number of halogens is 1. The van der Waals surface area contributed by atoms with Crippen molar-refractivity contribution < 1.29 is 9.53 Å². The van der Waals surface area contributed by atoms with Gasteiger partial charge in [0.1, 0.15) is 6.10 Å². The van der Waals surface area contributed by atoms with Crippen molar-refractivity contribution in [2.75, 3.05) is 13.7 Å². The molecule has 0 aliphatic rings. The van der Waals surface area contributed by atoms with E-state index in [9.17, 15) is 4.79 Å². The molecule has 0 aliphatic carbocycles. The zero-order valence-corrected chi connectivity index (χ0v) is 14.8. The maximum Gasteiger partial charge on any atom is 0.224 e. The van der Waals surface area contributed by atoms with E-state index in [0.717, 1.165) is 21.9 Å². The molecule has 0 spiro atoms. The van der Waals surface area contributed by atoms with Crippen LogP contribution in [0.4, 0.5) is 0 Å². The van der Waals surface area contributed by atoms with Crippen LogP contribution in [0, 0.1) is 0 Å². The van der Waals surface area contributed by atoms with Crippen LogP contribution in [0.15, 0.2) is 66.7 Å². The second-order valence-corrected chi connectivity index (χ2v) is 6.27. The molecular weight excluding hydrogens is 334 g/mol. The van der Waals surface area contributed by atoms with Crippen molar-refractivity contribution in [1.29, 1.82) is 0 Å². The molecule has 3 aromatic rings. The standard InChI is InChI=1S/C21H20ClNO2/c1-25-20(18-11-4-5-12-19(18)22)14-23-21(24)13-16-9-6-8-15-7-2-3-10-17(15)16/h2-12,20H,13-14H2,1H3,(H,23,24)/t20-/m0/s1. The molecule has 3 nitrogen and oxygen atoms in total. The number of methoxy groups -OCH3 is 1. The molecule has 0 saturated carbocycles. The summed E-state index contributed by atoms with van der Waals surface area (Å²) in [7, 11) is 1.62. The van der Waals surface area contributed by atoms with E-state index < -0.39 is 0 Å². The van der Waals surface area contributed by atoms with Gasteiger partial charge in [0, 0.05) is 24.2 Å². The number of hydrogen-bond acceptors (Lipinski definition) is 2. The van der Waals surface area contributed by atoms with Gasteiger partial charge in [-0.2, -0.15) is 0 Å². The molecule has 25 heavy (non-hydrogen) atoms. The molecule has 0 aliphatic heterocycles. The molecule has 0 unspecified atom stereocenters. The highest BCUT2D eigenvalue weighted by atomic mass is 35.5. The Morgan fingerprint density at radius 3 is 2.56 bits per heavy atom. The van der Waals surface area contributed by atoms with E-state index >= 15 is 0 Å². The Hall–Kier alpha value is -2.36. The summed E-state index contributed by atoms with van der Waals surface area (Å²) in [5.74, 6) is -0.0366. The van der Waals surface area contributed by atoms with Gasteiger partial charge >= 0.3 is 0 Å². The highest BCUT2D eigenvalue weighted by molar-refractivity contribution is 6.31. The summed E-state index contributed by atoms with van der Waals surface area (Å²) in [6, 6.07) is 21.6. The third-order valence-corrected chi connectivity index (χ3v) is 4.60. The molecule has 4 heteroatoms. The zero-order valence-electron chi connectivity index (χ0n) is 14.0. The van der Waals surface area contributed by atoms with Gasteiger partial charge in [-0.15, -0.1) is 0 Å². The van der Waals surface area contributed by atoms with Gasteiger partial charge in [-0.1, -0.05) is 72.3 Å². The summed E-state index contributed by atoms with van der Waals surface area (Å²) < 4.78 is 5.49. The molecule has 3 aromatic carbocycles. The maximum atomic E-state index is 12.4. The summed E-state index contributed by atoms with van der Waals surface area (Å²) in [6.45, 7) is 0.379. The van der Waals surface area contributed by atoms with Crippen molar-refractivity contribution in [3.8, 4) is 0 Å². The van der Waals surface area contributed by atoms with Gasteiger partial charge in [0.25, 0.3) is 0 Å². The number of rotatable bonds is 6. The molecule has 0 aromatic heterocycles. The van der Waals surface area contributed by atoms with E-state index in [0.29, 0.717) is 18.0 Å². The van der Waals surface area contributed by atoms with E-state index in [2.05, 4.69) is 17.4 Å². The lowest BCUT2D eigenvalue weighted by molar-refractivity contribution is -0.121. The smallest absolute Gasteiger partial charge is 0.224 e. The van der Waals surface area contributed by atoms with Gasteiger partial charge in [-0.25, -0.2) is 0 Å². The van der Waals surface area contributed by atoms with E-state index in [4.69, 9.17) is 16.3 Å². The van der Waals surface area contributed by atoms with Crippen LogP contribution in [0.25, 0.3) is 10.8 Å². The number of carbonyl (C=O) groups excluding carboxylic acids is 1. The fraction of sp³-hybridized carbons (Fsp3) is 0.190. The summed E-state index contributed by atoms with van der Waals surface area (Å²) >= 11 is 6.22. The van der Waals surface area contributed by atoms with Gasteiger partial charge < -0.3 is 10.1 Å². The molecule has 0 radical (unpaired) electrons. The Kier molecular flexibility index (Phi) is 5.69. The highest BCUT2D eigenvalue weighted by Gasteiger charge is 2.15. The minimum atomic E-state index is -0.273. The van der Waals surface area contributed by atoms with Gasteiger partial charge in [0.15, 0.2) is 0 Å². The number of fused-ring (bicyclic) bond motifs is 1. The topological polar surface area (TPSA) is 38.3 Å². The van der Waals surface area contributed by atoms with E-state index in [-0.39, 0.29) is 12.0 Å². The van der Waals surface area contributed by atoms with Crippen LogP contribution in [-0.4, -0.2) is 19.6 Å². The van der Waals surface area contributed by atoms with Gasteiger partial charge in [0.05, 0.1) is 6.42 Å². The quantitative estimate of drug-likeness (QED) is 0.706. The lowest BCUT2D eigenvalue weighted by Crippen LogP contribution is -2.30. The second kappa shape index (κ2) is 8.15. The number of hydrogen-bond donors (Lipinski definition) is 1. The van der Waals surface area contributed by atoms with Crippen molar-refractivity contribution in [3.63, 3.8) is 0 Å². The second-order valence-electron chi connectivity index (χ2n) is 5.86. The first-order valence-electron chi connectivity index (χ1n) is 8.19. The Morgan fingerprint density at radius 2 is 1.76 bits per heavy atom. The first-order chi connectivity index (χ1) is 12.2. The number of carbonyl (C=O) groups is 1. The third-order valence-electron chi connectivity index (χ3n) is 4.25. The zero-order chi connectivity index (χ0) is 17.6. The predicted octanol–water partition coefficient (Wildman–Crippen LogP) is 4.54. The molecule has 128 valence electrons. The lowest BCUT2D eigenvalue weighted by atomic mass is 10.0. The van der Waals surface area contributed by atoms with Crippen LogP contribution in [0.1, 0.15) is 17.2 Å². The molecule has 0 saturated heterocycles. The van der Waals surface area contributed by atoms with Crippen molar-refractivity contribution in [1.82, 2.24) is 5.32 Å². The molecular formula is C21H20ClNO2. The van der Waals surface area contributed by atoms with Crippen LogP contribution in [0.5, 0.6) is 0 Å². The van der Waals surface area contributed by atoms with Crippen LogP contribution in [-0.2, 0) is 16.0 Å². The lowest BCUT2D eigenvalue weighted by Gasteiger charge is -2.18. The normalized spacial score (nSPS) is 12.1. The molecule has 3 rings (SSSR count). The fourth-order valence-corrected chi connectivity index (χ4v) is 3.20. The molecule has 0 bridgehead atoms. The van der Waals surface area contributed by atoms with E-state index in [1.54, 1.807) is 7.11 Å². The van der Waals surface area contributed by atoms with Crippen LogP contribution in [0.3, 0.4) is 0 Å². The van der Waals surface area contributed by atoms with Gasteiger partial charge in [0.2, 0.25) is 5.91 Å². The SMILES string of the molecule is CO[C@@H](CNC(=O)Cc1cccc2ccccc12)c1ccccc1Cl. The summed E-state index contributed by atoms with van der Waals surface area (Å²) in [6.07, 6.45) is 0.0606. The summed E-state index contributed by atoms with van der Waals surface area (Å²) in [5.41, 5.74) is 1.89. The van der Waals surface area contributed by atoms with Crippen molar-refractivity contribution in [2.45, 2.75) is 12.5 Å². The van der Waals surface area contributed by atoms with Crippen LogP contribution < -0.4 is 5.32 Å². The number of nitrogens with one attached hydrogen (secondary N) is 1. The number of amides is 1. The Labute approximate surface area is 152 Å². The summed E-state index contributed by atoms with van der Waals surface area (Å²) in [5, 5.41) is 5.83. The first kappa shape index (κ1) is 17.5. The van der Waals surface area contributed by atoms with Crippen LogP contribution in [0.2, 0.25) is 5.02 Å². The summed E-state index contributed by atoms with van der Waals surface area (Å²) in [4.78, 5) is 12.4. The van der Waals surface area contributed by atoms with E-state index in [1.807, 2.05) is 54.6 Å². The molecule has 0 heterocycles. The monoisotopic (exact) mass is 353 g/mol. The van der Waals surface area contributed by atoms with Crippen molar-refractivity contribution >= 4 is 28.3 Å². The van der Waals surface area contributed by atoms with Crippen molar-refractivity contribution in [3.05, 3.63) is 82.9 Å². The first-order valence-corrected chi connectivity index (χ1v) is 8.57. The molecule has 1 atom stereocenters. The average Bonchev–Trinajstić information content (AvgIpc) is 2.64. The largest absolute Gasteiger partial charge is 0.375 e. The Balaban J connectivity index is 1.67. The fourth-order valence-electron chi connectivity index (χ4n) is 2.95. The minimum Gasteiger partial charge on any atom is -0.375 e.